The molecule has 1 fully saturated rings. The fourth-order valence-corrected chi connectivity index (χ4v) is 2.17. The fourth-order valence-electron chi connectivity index (χ4n) is 2.17. The van der Waals surface area contributed by atoms with E-state index >= 15 is 0 Å². The van der Waals surface area contributed by atoms with Crippen molar-refractivity contribution in [3.05, 3.63) is 28.8 Å². The maximum absolute atomic E-state index is 10.7. The SMILES string of the molecule is Cc1cc(CNC2CC2)cc(C)c1OCCC(N)=O. The van der Waals surface area contributed by atoms with Gasteiger partial charge in [-0.15, -0.1) is 0 Å². The Kier molecular flexibility index (Phi) is 4.43. The number of aryl methyl sites for hydroxylation is 2. The van der Waals surface area contributed by atoms with E-state index < -0.39 is 0 Å². The van der Waals surface area contributed by atoms with Gasteiger partial charge in [0.1, 0.15) is 5.75 Å². The van der Waals surface area contributed by atoms with Crippen LogP contribution < -0.4 is 15.8 Å². The summed E-state index contributed by atoms with van der Waals surface area (Å²) in [6, 6.07) is 5.00. The first-order valence-corrected chi connectivity index (χ1v) is 6.81. The topological polar surface area (TPSA) is 64.3 Å². The smallest absolute Gasteiger partial charge is 0.220 e. The molecule has 1 aliphatic carbocycles. The molecule has 4 nitrogen and oxygen atoms in total. The quantitative estimate of drug-likeness (QED) is 0.787. The van der Waals surface area contributed by atoms with E-state index in [2.05, 4.69) is 17.4 Å². The zero-order valence-corrected chi connectivity index (χ0v) is 11.7. The van der Waals surface area contributed by atoms with Crippen molar-refractivity contribution in [2.75, 3.05) is 6.61 Å². The van der Waals surface area contributed by atoms with Gasteiger partial charge in [-0.05, 0) is 43.4 Å². The van der Waals surface area contributed by atoms with E-state index in [0.29, 0.717) is 12.6 Å². The van der Waals surface area contributed by atoms with Gasteiger partial charge in [-0.25, -0.2) is 0 Å². The highest BCUT2D eigenvalue weighted by atomic mass is 16.5. The molecule has 4 heteroatoms. The second-order valence-electron chi connectivity index (χ2n) is 5.28. The largest absolute Gasteiger partial charge is 0.493 e. The summed E-state index contributed by atoms with van der Waals surface area (Å²) in [4.78, 5) is 10.7. The number of amides is 1. The molecule has 0 aromatic heterocycles. The molecule has 1 aromatic rings. The molecule has 2 rings (SSSR count). The summed E-state index contributed by atoms with van der Waals surface area (Å²) in [5.41, 5.74) is 8.60. The van der Waals surface area contributed by atoms with Crippen LogP contribution in [0.15, 0.2) is 12.1 Å². The van der Waals surface area contributed by atoms with Crippen molar-refractivity contribution in [1.82, 2.24) is 5.32 Å². The van der Waals surface area contributed by atoms with Gasteiger partial charge < -0.3 is 15.8 Å². The van der Waals surface area contributed by atoms with Crippen LogP contribution in [0.4, 0.5) is 0 Å². The molecule has 3 N–H and O–H groups in total. The van der Waals surface area contributed by atoms with Crippen molar-refractivity contribution in [2.24, 2.45) is 5.73 Å². The third kappa shape index (κ3) is 4.24. The Morgan fingerprint density at radius 2 is 2.00 bits per heavy atom. The minimum atomic E-state index is -0.333. The molecule has 0 bridgehead atoms. The number of rotatable bonds is 7. The number of benzene rings is 1. The van der Waals surface area contributed by atoms with Crippen LogP contribution in [0.1, 0.15) is 36.0 Å². The number of carbonyl (C=O) groups excluding carboxylic acids is 1. The Hall–Kier alpha value is -1.55. The summed E-state index contributed by atoms with van der Waals surface area (Å²) in [6.07, 6.45) is 2.85. The van der Waals surface area contributed by atoms with Gasteiger partial charge in [0.25, 0.3) is 0 Å². The second kappa shape index (κ2) is 6.06. The first-order chi connectivity index (χ1) is 9.06. The Morgan fingerprint density at radius 3 is 2.53 bits per heavy atom. The summed E-state index contributed by atoms with van der Waals surface area (Å²) >= 11 is 0. The van der Waals surface area contributed by atoms with Crippen LogP contribution in [0, 0.1) is 13.8 Å². The predicted molar refractivity (Wildman–Crippen MR) is 75.1 cm³/mol. The van der Waals surface area contributed by atoms with Crippen LogP contribution in [-0.2, 0) is 11.3 Å². The van der Waals surface area contributed by atoms with Crippen LogP contribution in [0.25, 0.3) is 0 Å². The summed E-state index contributed by atoms with van der Waals surface area (Å²) in [7, 11) is 0. The lowest BCUT2D eigenvalue weighted by molar-refractivity contribution is -0.118. The van der Waals surface area contributed by atoms with Gasteiger partial charge in [0.2, 0.25) is 5.91 Å². The number of carbonyl (C=O) groups is 1. The number of nitrogens with two attached hydrogens (primary N) is 1. The standard InChI is InChI=1S/C15H22N2O2/c1-10-7-12(9-17-13-3-4-13)8-11(2)15(10)19-6-5-14(16)18/h7-8,13,17H,3-6,9H2,1-2H3,(H2,16,18). The lowest BCUT2D eigenvalue weighted by atomic mass is 10.1. The molecular formula is C15H22N2O2. The lowest BCUT2D eigenvalue weighted by Crippen LogP contribution is -2.16. The molecule has 0 unspecified atom stereocenters. The van der Waals surface area contributed by atoms with Gasteiger partial charge in [0.05, 0.1) is 13.0 Å². The van der Waals surface area contributed by atoms with E-state index in [1.165, 1.54) is 18.4 Å². The van der Waals surface area contributed by atoms with Crippen molar-refractivity contribution >= 4 is 5.91 Å². The number of hydrogen-bond donors (Lipinski definition) is 2. The third-order valence-corrected chi connectivity index (χ3v) is 3.29. The van der Waals surface area contributed by atoms with Crippen molar-refractivity contribution in [1.29, 1.82) is 0 Å². The Bertz CT molecular complexity index is 444. The van der Waals surface area contributed by atoms with Gasteiger partial charge in [0, 0.05) is 12.6 Å². The first-order valence-electron chi connectivity index (χ1n) is 6.81. The van der Waals surface area contributed by atoms with Gasteiger partial charge in [-0.3, -0.25) is 4.79 Å². The third-order valence-electron chi connectivity index (χ3n) is 3.29. The molecule has 19 heavy (non-hydrogen) atoms. The summed E-state index contributed by atoms with van der Waals surface area (Å²) in [5, 5.41) is 3.50. The van der Waals surface area contributed by atoms with Crippen LogP contribution in [-0.4, -0.2) is 18.6 Å². The van der Waals surface area contributed by atoms with Crippen LogP contribution in [0.2, 0.25) is 0 Å². The van der Waals surface area contributed by atoms with Gasteiger partial charge in [-0.1, -0.05) is 12.1 Å². The van der Waals surface area contributed by atoms with Crippen LogP contribution in [0.5, 0.6) is 5.75 Å². The van der Waals surface area contributed by atoms with Crippen molar-refractivity contribution < 1.29 is 9.53 Å². The molecule has 104 valence electrons. The van der Waals surface area contributed by atoms with Gasteiger partial charge >= 0.3 is 0 Å². The zero-order chi connectivity index (χ0) is 13.8. The van der Waals surface area contributed by atoms with Gasteiger partial charge in [0.15, 0.2) is 0 Å². The summed E-state index contributed by atoms with van der Waals surface area (Å²) in [6.45, 7) is 5.32. The molecule has 0 aliphatic heterocycles. The Labute approximate surface area is 114 Å². The number of primary amides is 1. The van der Waals surface area contributed by atoms with Gasteiger partial charge in [-0.2, -0.15) is 0 Å². The maximum Gasteiger partial charge on any atom is 0.220 e. The van der Waals surface area contributed by atoms with E-state index in [9.17, 15) is 4.79 Å². The number of ether oxygens (including phenoxy) is 1. The second-order valence-corrected chi connectivity index (χ2v) is 5.28. The highest BCUT2D eigenvalue weighted by Crippen LogP contribution is 2.26. The van der Waals surface area contributed by atoms with E-state index in [4.69, 9.17) is 10.5 Å². The van der Waals surface area contributed by atoms with E-state index in [1.54, 1.807) is 0 Å². The molecule has 1 saturated carbocycles. The molecule has 0 atom stereocenters. The maximum atomic E-state index is 10.7. The number of hydrogen-bond acceptors (Lipinski definition) is 3. The summed E-state index contributed by atoms with van der Waals surface area (Å²) < 4.78 is 5.65. The first kappa shape index (κ1) is 13.9. The lowest BCUT2D eigenvalue weighted by Gasteiger charge is -2.14. The minimum absolute atomic E-state index is 0.254. The molecule has 1 aliphatic rings. The summed E-state index contributed by atoms with van der Waals surface area (Å²) in [5.74, 6) is 0.539. The molecular weight excluding hydrogens is 240 g/mol. The predicted octanol–water partition coefficient (Wildman–Crippen LogP) is 1.81. The van der Waals surface area contributed by atoms with Crippen molar-refractivity contribution in [3.8, 4) is 5.75 Å². The molecule has 0 heterocycles. The fraction of sp³-hybridized carbons (Fsp3) is 0.533. The van der Waals surface area contributed by atoms with E-state index in [-0.39, 0.29) is 12.3 Å². The highest BCUT2D eigenvalue weighted by molar-refractivity contribution is 5.73. The molecule has 1 amide bonds. The monoisotopic (exact) mass is 262 g/mol. The van der Waals surface area contributed by atoms with Crippen LogP contribution >= 0.6 is 0 Å². The minimum Gasteiger partial charge on any atom is -0.493 e. The van der Waals surface area contributed by atoms with E-state index in [0.717, 1.165) is 23.4 Å². The highest BCUT2D eigenvalue weighted by Gasteiger charge is 2.20. The average molecular weight is 262 g/mol. The normalized spacial score (nSPS) is 14.4. The molecule has 0 radical (unpaired) electrons. The van der Waals surface area contributed by atoms with Crippen molar-refractivity contribution in [2.45, 2.75) is 45.7 Å². The molecule has 0 spiro atoms. The van der Waals surface area contributed by atoms with Crippen LogP contribution in [0.3, 0.4) is 0 Å². The average Bonchev–Trinajstić information content (AvgIpc) is 3.13. The number of nitrogens with one attached hydrogen (secondary N) is 1. The Morgan fingerprint density at radius 1 is 1.37 bits per heavy atom. The molecule has 1 aromatic carbocycles. The zero-order valence-electron chi connectivity index (χ0n) is 11.7. The Balaban J connectivity index is 1.96. The van der Waals surface area contributed by atoms with E-state index in [1.807, 2.05) is 13.8 Å². The van der Waals surface area contributed by atoms with Crippen molar-refractivity contribution in [3.63, 3.8) is 0 Å². The molecule has 0 saturated heterocycles.